The number of carbonyl (C=O) groups is 2. The van der Waals surface area contributed by atoms with Crippen molar-refractivity contribution in [2.24, 2.45) is 0 Å². The molecular formula is C19H14F3N3O2S. The molecule has 0 radical (unpaired) electrons. The Balaban J connectivity index is 1.74. The first-order valence-corrected chi connectivity index (χ1v) is 9.44. The van der Waals surface area contributed by atoms with Crippen LogP contribution in [0.4, 0.5) is 13.2 Å². The highest BCUT2D eigenvalue weighted by Crippen LogP contribution is 2.44. The van der Waals surface area contributed by atoms with Gasteiger partial charge in [-0.1, -0.05) is 24.3 Å². The summed E-state index contributed by atoms with van der Waals surface area (Å²) < 4.78 is 39.9. The van der Waals surface area contributed by atoms with Crippen molar-refractivity contribution in [1.82, 2.24) is 14.9 Å². The van der Waals surface area contributed by atoms with Crippen LogP contribution in [0, 0.1) is 0 Å². The molecule has 4 rings (SSSR count). The van der Waals surface area contributed by atoms with E-state index in [0.29, 0.717) is 21.4 Å². The fraction of sp³-hybridized carbons (Fsp3) is 0.211. The molecule has 0 unspecified atom stereocenters. The summed E-state index contributed by atoms with van der Waals surface area (Å²) in [7, 11) is 0. The molecule has 0 bridgehead atoms. The second kappa shape index (κ2) is 6.97. The van der Waals surface area contributed by atoms with E-state index in [9.17, 15) is 22.8 Å². The Hall–Kier alpha value is -2.81. The lowest BCUT2D eigenvalue weighted by molar-refractivity contribution is -0.187. The molecule has 1 aliphatic rings. The average Bonchev–Trinajstić information content (AvgIpc) is 3.31. The Bertz CT molecular complexity index is 1040. The zero-order chi connectivity index (χ0) is 19.9. The summed E-state index contributed by atoms with van der Waals surface area (Å²) in [5, 5.41) is -0.316. The topological polar surface area (TPSA) is 66.1 Å². The van der Waals surface area contributed by atoms with Gasteiger partial charge in [0.2, 0.25) is 0 Å². The van der Waals surface area contributed by atoms with Crippen LogP contribution in [0.5, 0.6) is 0 Å². The number of aromatic amines is 1. The maximum absolute atomic E-state index is 13.3. The highest BCUT2D eigenvalue weighted by molar-refractivity contribution is 7.99. The number of halogens is 3. The van der Waals surface area contributed by atoms with Crippen LogP contribution < -0.4 is 0 Å². The number of Topliss-reactive ketones (excluding diaryl/α,β-unsaturated/α-hetero) is 1. The van der Waals surface area contributed by atoms with E-state index >= 15 is 0 Å². The van der Waals surface area contributed by atoms with Crippen LogP contribution >= 0.6 is 11.8 Å². The third-order valence-corrected chi connectivity index (χ3v) is 5.93. The molecule has 1 aromatic carbocycles. The SMILES string of the molecule is O=C(c1c[nH]c2ccccc12)[C@@H]1CS[C@H](c2cccnc2)N1C(=O)C(F)(F)F. The van der Waals surface area contributed by atoms with Crippen LogP contribution in [-0.4, -0.2) is 44.5 Å². The molecule has 1 aliphatic heterocycles. The Morgan fingerprint density at radius 1 is 1.18 bits per heavy atom. The zero-order valence-corrected chi connectivity index (χ0v) is 15.1. The Morgan fingerprint density at radius 3 is 2.68 bits per heavy atom. The van der Waals surface area contributed by atoms with Crippen LogP contribution in [0.25, 0.3) is 10.9 Å². The third kappa shape index (κ3) is 3.15. The number of H-pyrrole nitrogens is 1. The minimum Gasteiger partial charge on any atom is -0.360 e. The zero-order valence-electron chi connectivity index (χ0n) is 14.3. The van der Waals surface area contributed by atoms with E-state index in [-0.39, 0.29) is 11.3 Å². The second-order valence-electron chi connectivity index (χ2n) is 6.31. The lowest BCUT2D eigenvalue weighted by Gasteiger charge is -2.29. The van der Waals surface area contributed by atoms with Gasteiger partial charge in [0.15, 0.2) is 5.78 Å². The van der Waals surface area contributed by atoms with E-state index in [1.807, 2.05) is 0 Å². The van der Waals surface area contributed by atoms with E-state index < -0.39 is 29.3 Å². The van der Waals surface area contributed by atoms with E-state index in [1.165, 1.54) is 18.6 Å². The van der Waals surface area contributed by atoms with Crippen molar-refractivity contribution in [2.75, 3.05) is 5.75 Å². The Morgan fingerprint density at radius 2 is 1.96 bits per heavy atom. The van der Waals surface area contributed by atoms with Crippen molar-refractivity contribution in [2.45, 2.75) is 17.6 Å². The van der Waals surface area contributed by atoms with Crippen molar-refractivity contribution in [3.63, 3.8) is 0 Å². The molecule has 144 valence electrons. The van der Waals surface area contributed by atoms with Gasteiger partial charge in [-0.3, -0.25) is 14.6 Å². The second-order valence-corrected chi connectivity index (χ2v) is 7.42. The molecule has 9 heteroatoms. The molecule has 1 N–H and O–H groups in total. The number of amides is 1. The van der Waals surface area contributed by atoms with Gasteiger partial charge in [0.05, 0.1) is 0 Å². The summed E-state index contributed by atoms with van der Waals surface area (Å²) >= 11 is 1.12. The number of pyridine rings is 1. The molecule has 0 saturated carbocycles. The number of aromatic nitrogens is 2. The maximum atomic E-state index is 13.3. The van der Waals surface area contributed by atoms with Crippen molar-refractivity contribution in [3.05, 3.63) is 66.1 Å². The lowest BCUT2D eigenvalue weighted by Crippen LogP contribution is -2.48. The molecule has 1 amide bonds. The van der Waals surface area contributed by atoms with Crippen molar-refractivity contribution < 1.29 is 22.8 Å². The first-order chi connectivity index (χ1) is 13.4. The fourth-order valence-corrected chi connectivity index (χ4v) is 4.75. The summed E-state index contributed by atoms with van der Waals surface area (Å²) in [6, 6.07) is 8.98. The normalized spacial score (nSPS) is 19.9. The molecule has 0 aliphatic carbocycles. The number of nitrogens with zero attached hydrogens (tertiary/aromatic N) is 2. The fourth-order valence-electron chi connectivity index (χ4n) is 3.34. The predicted molar refractivity (Wildman–Crippen MR) is 98.8 cm³/mol. The molecule has 3 aromatic rings. The predicted octanol–water partition coefficient (Wildman–Crippen LogP) is 3.95. The number of ketones is 1. The number of thioether (sulfide) groups is 1. The molecule has 3 heterocycles. The van der Waals surface area contributed by atoms with E-state index in [2.05, 4.69) is 9.97 Å². The van der Waals surface area contributed by atoms with Crippen LogP contribution in [0.3, 0.4) is 0 Å². The van der Waals surface area contributed by atoms with Crippen molar-refractivity contribution >= 4 is 34.4 Å². The number of alkyl halides is 3. The molecule has 2 aromatic heterocycles. The monoisotopic (exact) mass is 405 g/mol. The van der Waals surface area contributed by atoms with Crippen molar-refractivity contribution in [3.8, 4) is 0 Å². The summed E-state index contributed by atoms with van der Waals surface area (Å²) in [4.78, 5) is 32.9. The standard InChI is InChI=1S/C19H14F3N3O2S/c20-19(21,22)18(27)25-15(10-28-17(25)11-4-3-7-23-8-11)16(26)13-9-24-14-6-2-1-5-12(13)14/h1-9,15,17,24H,10H2/t15-,17+/m0/s1. The molecule has 5 nitrogen and oxygen atoms in total. The highest BCUT2D eigenvalue weighted by atomic mass is 32.2. The van der Waals surface area contributed by atoms with Gasteiger partial charge in [-0.2, -0.15) is 13.2 Å². The van der Waals surface area contributed by atoms with Gasteiger partial charge in [-0.15, -0.1) is 11.8 Å². The number of carbonyl (C=O) groups excluding carboxylic acids is 2. The number of hydrogen-bond acceptors (Lipinski definition) is 4. The molecule has 28 heavy (non-hydrogen) atoms. The van der Waals surface area contributed by atoms with Gasteiger partial charge >= 0.3 is 12.1 Å². The van der Waals surface area contributed by atoms with Gasteiger partial charge in [0.1, 0.15) is 11.4 Å². The molecule has 1 saturated heterocycles. The van der Waals surface area contributed by atoms with Crippen molar-refractivity contribution in [1.29, 1.82) is 0 Å². The van der Waals surface area contributed by atoms with Gasteiger partial charge in [-0.05, 0) is 12.1 Å². The summed E-state index contributed by atoms with van der Waals surface area (Å²) in [5.74, 6) is -2.47. The van der Waals surface area contributed by atoms with Gasteiger partial charge < -0.3 is 9.88 Å². The quantitative estimate of drug-likeness (QED) is 0.670. The van der Waals surface area contributed by atoms with Crippen LogP contribution in [-0.2, 0) is 4.79 Å². The average molecular weight is 405 g/mol. The van der Waals surface area contributed by atoms with Crippen LogP contribution in [0.1, 0.15) is 21.3 Å². The van der Waals surface area contributed by atoms with Crippen LogP contribution in [0.2, 0.25) is 0 Å². The minimum atomic E-state index is -5.08. The number of hydrogen-bond donors (Lipinski definition) is 1. The minimum absolute atomic E-state index is 0.0692. The van der Waals surface area contributed by atoms with Gasteiger partial charge in [0.25, 0.3) is 0 Å². The number of fused-ring (bicyclic) bond motifs is 1. The third-order valence-electron chi connectivity index (χ3n) is 4.60. The number of benzene rings is 1. The smallest absolute Gasteiger partial charge is 0.360 e. The summed E-state index contributed by atoms with van der Waals surface area (Å²) in [6.45, 7) is 0. The summed E-state index contributed by atoms with van der Waals surface area (Å²) in [5.41, 5.74) is 1.42. The van der Waals surface area contributed by atoms with E-state index in [0.717, 1.165) is 11.8 Å². The number of nitrogens with one attached hydrogen (secondary N) is 1. The first kappa shape index (κ1) is 18.5. The molecule has 2 atom stereocenters. The number of rotatable bonds is 3. The van der Waals surface area contributed by atoms with Gasteiger partial charge in [-0.25, -0.2) is 0 Å². The van der Waals surface area contributed by atoms with Crippen LogP contribution in [0.15, 0.2) is 55.0 Å². The largest absolute Gasteiger partial charge is 0.471 e. The Kier molecular flexibility index (Phi) is 4.62. The molecular weight excluding hydrogens is 391 g/mol. The number of para-hydroxylation sites is 1. The Labute approximate surface area is 161 Å². The molecule has 0 spiro atoms. The maximum Gasteiger partial charge on any atom is 0.471 e. The lowest BCUT2D eigenvalue weighted by atomic mass is 10.0. The molecule has 1 fully saturated rings. The van der Waals surface area contributed by atoms with Gasteiger partial charge in [0, 0.05) is 46.4 Å². The van der Waals surface area contributed by atoms with E-state index in [4.69, 9.17) is 0 Å². The highest BCUT2D eigenvalue weighted by Gasteiger charge is 2.52. The first-order valence-electron chi connectivity index (χ1n) is 8.39. The van der Waals surface area contributed by atoms with E-state index in [1.54, 1.807) is 36.4 Å². The summed E-state index contributed by atoms with van der Waals surface area (Å²) in [6.07, 6.45) is -0.699.